The second-order valence-electron chi connectivity index (χ2n) is 7.12. The average molecular weight is 443 g/mol. The number of Topliss-reactive ketones (excluding diaryl/α,β-unsaturated/α-hetero) is 1. The van der Waals surface area contributed by atoms with Crippen molar-refractivity contribution in [1.29, 1.82) is 0 Å². The Bertz CT molecular complexity index is 1370. The molecule has 2 aromatic heterocycles. The summed E-state index contributed by atoms with van der Waals surface area (Å²) in [6, 6.07) is 18.7. The lowest BCUT2D eigenvalue weighted by molar-refractivity contribution is -0.132. The van der Waals surface area contributed by atoms with Gasteiger partial charge < -0.3 is 9.84 Å². The van der Waals surface area contributed by atoms with Gasteiger partial charge in [0, 0.05) is 6.20 Å². The Morgan fingerprint density at radius 1 is 1.06 bits per heavy atom. The third kappa shape index (κ3) is 3.21. The zero-order chi connectivity index (χ0) is 22.2. The monoisotopic (exact) mass is 443 g/mol. The third-order valence-electron chi connectivity index (χ3n) is 5.26. The van der Waals surface area contributed by atoms with Crippen molar-refractivity contribution in [3.05, 3.63) is 89.8 Å². The molecule has 1 amide bonds. The van der Waals surface area contributed by atoms with Crippen LogP contribution < -0.4 is 9.64 Å². The van der Waals surface area contributed by atoms with Gasteiger partial charge in [-0.05, 0) is 35.9 Å². The number of methoxy groups -OCH3 is 1. The van der Waals surface area contributed by atoms with Crippen molar-refractivity contribution in [1.82, 2.24) is 9.97 Å². The molecule has 0 bridgehead atoms. The average Bonchev–Trinajstić information content (AvgIpc) is 3.37. The number of benzene rings is 2. The number of rotatable bonds is 4. The number of aliphatic hydroxyl groups is 1. The van der Waals surface area contributed by atoms with Crippen LogP contribution in [-0.2, 0) is 9.59 Å². The maximum atomic E-state index is 13.2. The smallest absolute Gasteiger partial charge is 0.301 e. The first-order chi connectivity index (χ1) is 15.6. The first kappa shape index (κ1) is 19.9. The van der Waals surface area contributed by atoms with Gasteiger partial charge in [-0.15, -0.1) is 0 Å². The zero-order valence-corrected chi connectivity index (χ0v) is 17.7. The molecule has 2 aromatic carbocycles. The second kappa shape index (κ2) is 7.90. The summed E-state index contributed by atoms with van der Waals surface area (Å²) in [6.45, 7) is 0. The normalized spacial score (nSPS) is 17.8. The molecular formula is C24H17N3O4S. The summed E-state index contributed by atoms with van der Waals surface area (Å²) in [6.07, 6.45) is 1.52. The Kier molecular flexibility index (Phi) is 4.91. The van der Waals surface area contributed by atoms with Crippen molar-refractivity contribution < 1.29 is 19.4 Å². The molecule has 1 fully saturated rings. The van der Waals surface area contributed by atoms with Crippen LogP contribution >= 0.6 is 11.3 Å². The van der Waals surface area contributed by atoms with Crippen molar-refractivity contribution in [3.8, 4) is 5.75 Å². The van der Waals surface area contributed by atoms with Crippen molar-refractivity contribution >= 4 is 44.1 Å². The van der Waals surface area contributed by atoms with E-state index in [0.29, 0.717) is 22.0 Å². The number of amides is 1. The molecule has 1 N–H and O–H groups in total. The molecule has 4 aromatic rings. The van der Waals surface area contributed by atoms with Crippen molar-refractivity contribution in [2.75, 3.05) is 12.0 Å². The molecule has 0 aliphatic carbocycles. The third-order valence-corrected chi connectivity index (χ3v) is 6.28. The zero-order valence-electron chi connectivity index (χ0n) is 16.9. The standard InChI is InChI=1S/C24H17N3O4S/c1-31-15-10-11-16-18(13-15)32-24(26-16)27-20(14-7-3-2-4-8-14)19(22(29)23(27)30)21(28)17-9-5-6-12-25-17/h2-13,20,28H,1H3. The van der Waals surface area contributed by atoms with E-state index >= 15 is 0 Å². The highest BCUT2D eigenvalue weighted by atomic mass is 32.1. The lowest BCUT2D eigenvalue weighted by Gasteiger charge is -2.22. The largest absolute Gasteiger partial charge is 0.505 e. The number of thiazole rings is 1. The van der Waals surface area contributed by atoms with Gasteiger partial charge in [-0.25, -0.2) is 4.98 Å². The Balaban J connectivity index is 1.71. The van der Waals surface area contributed by atoms with Crippen LogP contribution in [0, 0.1) is 0 Å². The minimum Gasteiger partial charge on any atom is -0.505 e. The van der Waals surface area contributed by atoms with Gasteiger partial charge in [0.1, 0.15) is 11.4 Å². The molecule has 5 rings (SSSR count). The number of aromatic nitrogens is 2. The number of hydrogen-bond donors (Lipinski definition) is 1. The Morgan fingerprint density at radius 3 is 2.56 bits per heavy atom. The number of pyridine rings is 1. The van der Waals surface area contributed by atoms with Gasteiger partial charge in [-0.2, -0.15) is 0 Å². The minimum atomic E-state index is -0.833. The van der Waals surface area contributed by atoms with Gasteiger partial charge in [0.2, 0.25) is 0 Å². The molecule has 3 heterocycles. The van der Waals surface area contributed by atoms with Crippen molar-refractivity contribution in [3.63, 3.8) is 0 Å². The van der Waals surface area contributed by atoms with Crippen LogP contribution in [0.3, 0.4) is 0 Å². The van der Waals surface area contributed by atoms with Crippen LogP contribution in [0.15, 0.2) is 78.5 Å². The molecule has 158 valence electrons. The lowest BCUT2D eigenvalue weighted by atomic mass is 9.97. The fourth-order valence-corrected chi connectivity index (χ4v) is 4.76. The maximum Gasteiger partial charge on any atom is 0.301 e. The summed E-state index contributed by atoms with van der Waals surface area (Å²) in [5.41, 5.74) is 1.57. The molecule has 1 aliphatic heterocycles. The number of carbonyl (C=O) groups excluding carboxylic acids is 2. The number of fused-ring (bicyclic) bond motifs is 1. The molecule has 32 heavy (non-hydrogen) atoms. The minimum absolute atomic E-state index is 0.0169. The molecule has 1 atom stereocenters. The van der Waals surface area contributed by atoms with Crippen molar-refractivity contribution in [2.45, 2.75) is 6.04 Å². The van der Waals surface area contributed by atoms with E-state index in [4.69, 9.17) is 4.74 Å². The van der Waals surface area contributed by atoms with Crippen LogP contribution in [0.1, 0.15) is 17.3 Å². The SMILES string of the molecule is COc1ccc2nc(N3C(=O)C(=O)C(=C(O)c4ccccn4)C3c3ccccc3)sc2c1. The van der Waals surface area contributed by atoms with E-state index in [1.165, 1.54) is 22.4 Å². The molecule has 0 spiro atoms. The van der Waals surface area contributed by atoms with Crippen LogP contribution in [0.2, 0.25) is 0 Å². The maximum absolute atomic E-state index is 13.2. The summed E-state index contributed by atoms with van der Waals surface area (Å²) in [5.74, 6) is -1.17. The number of aliphatic hydroxyl groups excluding tert-OH is 1. The number of carbonyl (C=O) groups is 2. The highest BCUT2D eigenvalue weighted by Crippen LogP contribution is 2.44. The highest BCUT2D eigenvalue weighted by Gasteiger charge is 2.48. The van der Waals surface area contributed by atoms with Gasteiger partial charge in [-0.1, -0.05) is 47.7 Å². The molecule has 1 unspecified atom stereocenters. The number of nitrogens with zero attached hydrogens (tertiary/aromatic N) is 3. The first-order valence-corrected chi connectivity index (χ1v) is 10.6. The molecule has 7 nitrogen and oxygen atoms in total. The quantitative estimate of drug-likeness (QED) is 0.287. The van der Waals surface area contributed by atoms with Gasteiger partial charge in [0.05, 0.1) is 28.9 Å². The van der Waals surface area contributed by atoms with Crippen LogP contribution in [0.5, 0.6) is 5.75 Å². The summed E-state index contributed by atoms with van der Waals surface area (Å²) in [4.78, 5) is 36.4. The predicted molar refractivity (Wildman–Crippen MR) is 122 cm³/mol. The van der Waals surface area contributed by atoms with Crippen molar-refractivity contribution in [2.24, 2.45) is 0 Å². The van der Waals surface area contributed by atoms with Gasteiger partial charge in [-0.3, -0.25) is 19.5 Å². The first-order valence-electron chi connectivity index (χ1n) is 9.80. The van der Waals surface area contributed by atoms with E-state index < -0.39 is 17.7 Å². The number of ketones is 1. The Labute approximate surface area is 187 Å². The predicted octanol–water partition coefficient (Wildman–Crippen LogP) is 4.33. The number of ether oxygens (including phenoxy) is 1. The van der Waals surface area contributed by atoms with Crippen LogP contribution in [0.4, 0.5) is 5.13 Å². The summed E-state index contributed by atoms with van der Waals surface area (Å²) in [5, 5.41) is 11.4. The second-order valence-corrected chi connectivity index (χ2v) is 8.13. The van der Waals surface area contributed by atoms with E-state index in [0.717, 1.165) is 4.70 Å². The molecule has 0 saturated carbocycles. The van der Waals surface area contributed by atoms with E-state index in [-0.39, 0.29) is 17.0 Å². The van der Waals surface area contributed by atoms with Gasteiger partial charge in [0.25, 0.3) is 5.78 Å². The highest BCUT2D eigenvalue weighted by molar-refractivity contribution is 7.22. The van der Waals surface area contributed by atoms with Gasteiger partial charge >= 0.3 is 5.91 Å². The summed E-state index contributed by atoms with van der Waals surface area (Å²) in [7, 11) is 1.58. The topological polar surface area (TPSA) is 92.6 Å². The van der Waals surface area contributed by atoms with E-state index in [1.807, 2.05) is 36.4 Å². The summed E-state index contributed by atoms with van der Waals surface area (Å²) < 4.78 is 6.10. The Hall–Kier alpha value is -4.04. The van der Waals surface area contributed by atoms with Gasteiger partial charge in [0.15, 0.2) is 10.9 Å². The fraction of sp³-hybridized carbons (Fsp3) is 0.0833. The molecule has 1 saturated heterocycles. The van der Waals surface area contributed by atoms with E-state index in [1.54, 1.807) is 37.4 Å². The molecule has 0 radical (unpaired) electrons. The van der Waals surface area contributed by atoms with Crippen LogP contribution in [-0.4, -0.2) is 33.9 Å². The molecule has 8 heteroatoms. The van der Waals surface area contributed by atoms with E-state index in [2.05, 4.69) is 9.97 Å². The molecule has 1 aliphatic rings. The molecular weight excluding hydrogens is 426 g/mol. The Morgan fingerprint density at radius 2 is 1.84 bits per heavy atom. The number of hydrogen-bond acceptors (Lipinski definition) is 7. The van der Waals surface area contributed by atoms with E-state index in [9.17, 15) is 14.7 Å². The fourth-order valence-electron chi connectivity index (χ4n) is 3.74. The lowest BCUT2D eigenvalue weighted by Crippen LogP contribution is -2.29. The summed E-state index contributed by atoms with van der Waals surface area (Å²) >= 11 is 1.28. The van der Waals surface area contributed by atoms with Crippen LogP contribution in [0.25, 0.3) is 16.0 Å². The number of anilines is 1.